The minimum atomic E-state index is -0.0591. The van der Waals surface area contributed by atoms with Crippen molar-refractivity contribution in [2.45, 2.75) is 6.42 Å². The van der Waals surface area contributed by atoms with Crippen LogP contribution < -0.4 is 10.1 Å². The Hall–Kier alpha value is -3.65. The number of hydrogen-bond acceptors (Lipinski definition) is 5. The molecule has 0 radical (unpaired) electrons. The number of nitrogens with zero attached hydrogens (tertiary/aromatic N) is 4. The van der Waals surface area contributed by atoms with E-state index in [-0.39, 0.29) is 11.8 Å². The highest BCUT2D eigenvalue weighted by Crippen LogP contribution is 2.20. The van der Waals surface area contributed by atoms with Crippen LogP contribution in [0, 0.1) is 0 Å². The Balaban J connectivity index is 1.17. The van der Waals surface area contributed by atoms with Gasteiger partial charge in [-0.3, -0.25) is 19.2 Å². The topological polar surface area (TPSA) is 79.7 Å². The van der Waals surface area contributed by atoms with Gasteiger partial charge in [0.2, 0.25) is 11.8 Å². The lowest BCUT2D eigenvalue weighted by atomic mass is 10.0. The number of aryl methyl sites for hydroxylation is 1. The average Bonchev–Trinajstić information content (AvgIpc) is 3.25. The maximum Gasteiger partial charge on any atom is 0.261 e. The molecule has 0 saturated carbocycles. The zero-order valence-electron chi connectivity index (χ0n) is 19.7. The first kappa shape index (κ1) is 23.5. The summed E-state index contributed by atoms with van der Waals surface area (Å²) in [5, 5.41) is 7.18. The van der Waals surface area contributed by atoms with Crippen LogP contribution in [0.25, 0.3) is 11.1 Å². The fourth-order valence-corrected chi connectivity index (χ4v) is 4.16. The summed E-state index contributed by atoms with van der Waals surface area (Å²) in [5.41, 5.74) is 3.79. The molecule has 1 fully saturated rings. The highest BCUT2D eigenvalue weighted by molar-refractivity contribution is 5.96. The fraction of sp³-hybridized carbons (Fsp3) is 0.346. The van der Waals surface area contributed by atoms with Crippen LogP contribution in [0.3, 0.4) is 0 Å². The number of hydrogen-bond donors (Lipinski definition) is 1. The molecule has 2 amide bonds. The summed E-state index contributed by atoms with van der Waals surface area (Å²) >= 11 is 0. The van der Waals surface area contributed by atoms with Crippen molar-refractivity contribution in [3.63, 3.8) is 0 Å². The molecule has 3 aromatic rings. The number of carbonyl (C=O) groups is 2. The first-order valence-electron chi connectivity index (χ1n) is 11.5. The van der Waals surface area contributed by atoms with Crippen molar-refractivity contribution < 1.29 is 14.3 Å². The molecule has 0 atom stereocenters. The van der Waals surface area contributed by atoms with Crippen LogP contribution in [0.2, 0.25) is 0 Å². The van der Waals surface area contributed by atoms with E-state index in [1.807, 2.05) is 35.2 Å². The van der Waals surface area contributed by atoms with E-state index in [9.17, 15) is 9.59 Å². The van der Waals surface area contributed by atoms with E-state index >= 15 is 0 Å². The third-order valence-corrected chi connectivity index (χ3v) is 6.05. The molecule has 0 spiro atoms. The Morgan fingerprint density at radius 1 is 0.971 bits per heavy atom. The molecule has 0 aliphatic carbocycles. The number of methoxy groups -OCH3 is 1. The molecule has 2 heterocycles. The molecule has 2 aromatic carbocycles. The van der Waals surface area contributed by atoms with Gasteiger partial charge in [-0.25, -0.2) is 0 Å². The second-order valence-electron chi connectivity index (χ2n) is 8.45. The summed E-state index contributed by atoms with van der Waals surface area (Å²) in [7, 11) is 3.29. The Labute approximate surface area is 200 Å². The lowest BCUT2D eigenvalue weighted by Gasteiger charge is -2.34. The molecule has 1 aromatic heterocycles. The summed E-state index contributed by atoms with van der Waals surface area (Å²) in [6.07, 6.45) is 2.06. The van der Waals surface area contributed by atoms with Gasteiger partial charge in [0.05, 0.1) is 13.5 Å². The lowest BCUT2D eigenvalue weighted by Crippen LogP contribution is -2.50. The first-order valence-corrected chi connectivity index (χ1v) is 11.5. The van der Waals surface area contributed by atoms with Crippen LogP contribution in [0.4, 0.5) is 0 Å². The number of rotatable bonds is 8. The molecule has 8 nitrogen and oxygen atoms in total. The minimum absolute atomic E-state index is 0.0185. The molecule has 0 unspecified atom stereocenters. The number of carbonyl (C=O) groups excluding carboxylic acids is 2. The van der Waals surface area contributed by atoms with Gasteiger partial charge in [0.25, 0.3) is 5.91 Å². The quantitative estimate of drug-likeness (QED) is 0.557. The van der Waals surface area contributed by atoms with E-state index in [1.54, 1.807) is 17.9 Å². The summed E-state index contributed by atoms with van der Waals surface area (Å²) in [5.74, 6) is 0.313. The smallest absolute Gasteiger partial charge is 0.261 e. The first-order chi connectivity index (χ1) is 16.5. The van der Waals surface area contributed by atoms with Crippen molar-refractivity contribution in [3.05, 3.63) is 71.9 Å². The van der Waals surface area contributed by atoms with E-state index < -0.39 is 0 Å². The van der Waals surface area contributed by atoms with Gasteiger partial charge in [0, 0.05) is 52.5 Å². The number of nitrogens with one attached hydrogen (secondary N) is 1. The summed E-state index contributed by atoms with van der Waals surface area (Å²) in [6.45, 7) is 4.16. The van der Waals surface area contributed by atoms with Crippen LogP contribution in [0.1, 0.15) is 15.9 Å². The molecule has 0 bridgehead atoms. The molecule has 4 rings (SSSR count). The van der Waals surface area contributed by atoms with Gasteiger partial charge in [-0.2, -0.15) is 0 Å². The van der Waals surface area contributed by atoms with Gasteiger partial charge in [-0.15, -0.1) is 5.10 Å². The summed E-state index contributed by atoms with van der Waals surface area (Å²) in [6, 6.07) is 18.3. The average molecular weight is 462 g/mol. The normalized spacial score (nSPS) is 14.1. The summed E-state index contributed by atoms with van der Waals surface area (Å²) in [4.78, 5) is 29.3. The Morgan fingerprint density at radius 3 is 2.32 bits per heavy atom. The molecule has 1 aliphatic rings. The lowest BCUT2D eigenvalue weighted by molar-refractivity contribution is -0.120. The predicted molar refractivity (Wildman–Crippen MR) is 131 cm³/mol. The van der Waals surface area contributed by atoms with Gasteiger partial charge < -0.3 is 15.0 Å². The van der Waals surface area contributed by atoms with E-state index in [4.69, 9.17) is 4.74 Å². The standard InChI is InChI=1S/C26H31N5O3/c1-29-19-23(25(28-29)34-2)26(33)31-16-14-30(15-17-31)13-12-27-24(32)18-20-8-10-22(11-9-20)21-6-4-3-5-7-21/h3-11,19H,12-18H2,1-2H3,(H,27,32). The highest BCUT2D eigenvalue weighted by atomic mass is 16.5. The van der Waals surface area contributed by atoms with Crippen molar-refractivity contribution in [2.24, 2.45) is 7.05 Å². The molecular weight excluding hydrogens is 430 g/mol. The van der Waals surface area contributed by atoms with Crippen LogP contribution in [-0.2, 0) is 18.3 Å². The maximum atomic E-state index is 12.8. The third kappa shape index (κ3) is 5.82. The van der Waals surface area contributed by atoms with Crippen molar-refractivity contribution in [1.82, 2.24) is 24.9 Å². The number of amides is 2. The van der Waals surface area contributed by atoms with Gasteiger partial charge in [-0.1, -0.05) is 54.6 Å². The van der Waals surface area contributed by atoms with Crippen molar-refractivity contribution in [3.8, 4) is 17.0 Å². The number of benzene rings is 2. The number of aromatic nitrogens is 2. The maximum absolute atomic E-state index is 12.8. The van der Waals surface area contributed by atoms with E-state index in [0.717, 1.165) is 30.8 Å². The molecule has 8 heteroatoms. The van der Waals surface area contributed by atoms with Crippen molar-refractivity contribution in [1.29, 1.82) is 0 Å². The van der Waals surface area contributed by atoms with E-state index in [1.165, 1.54) is 12.7 Å². The molecule has 1 saturated heterocycles. The Bertz CT molecular complexity index is 1100. The largest absolute Gasteiger partial charge is 0.479 e. The predicted octanol–water partition coefficient (Wildman–Crippen LogP) is 2.21. The van der Waals surface area contributed by atoms with Gasteiger partial charge in [0.1, 0.15) is 5.56 Å². The molecule has 178 valence electrons. The Kier molecular flexibility index (Phi) is 7.59. The number of ether oxygens (including phenoxy) is 1. The van der Waals surface area contributed by atoms with E-state index in [0.29, 0.717) is 37.5 Å². The number of piperazine rings is 1. The highest BCUT2D eigenvalue weighted by Gasteiger charge is 2.26. The van der Waals surface area contributed by atoms with Crippen LogP contribution in [0.15, 0.2) is 60.8 Å². The van der Waals surface area contributed by atoms with Crippen LogP contribution in [0.5, 0.6) is 5.88 Å². The van der Waals surface area contributed by atoms with Crippen molar-refractivity contribution >= 4 is 11.8 Å². The molecule has 1 aliphatic heterocycles. The summed E-state index contributed by atoms with van der Waals surface area (Å²) < 4.78 is 6.80. The zero-order valence-corrected chi connectivity index (χ0v) is 19.7. The van der Waals surface area contributed by atoms with Gasteiger partial charge in [0.15, 0.2) is 0 Å². The van der Waals surface area contributed by atoms with Crippen molar-refractivity contribution in [2.75, 3.05) is 46.4 Å². The van der Waals surface area contributed by atoms with Gasteiger partial charge >= 0.3 is 0 Å². The second kappa shape index (κ2) is 11.0. The molecule has 1 N–H and O–H groups in total. The molecule has 34 heavy (non-hydrogen) atoms. The SMILES string of the molecule is COc1nn(C)cc1C(=O)N1CCN(CCNC(=O)Cc2ccc(-c3ccccc3)cc2)CC1. The zero-order chi connectivity index (χ0) is 23.9. The molecular formula is C26H31N5O3. The minimum Gasteiger partial charge on any atom is -0.479 e. The van der Waals surface area contributed by atoms with Crippen LogP contribution in [-0.4, -0.2) is 77.8 Å². The van der Waals surface area contributed by atoms with E-state index in [2.05, 4.69) is 39.6 Å². The monoisotopic (exact) mass is 461 g/mol. The Morgan fingerprint density at radius 2 is 1.65 bits per heavy atom. The second-order valence-corrected chi connectivity index (χ2v) is 8.45. The van der Waals surface area contributed by atoms with Gasteiger partial charge in [-0.05, 0) is 16.7 Å². The van der Waals surface area contributed by atoms with Crippen LogP contribution >= 0.6 is 0 Å². The fourth-order valence-electron chi connectivity index (χ4n) is 4.16. The third-order valence-electron chi connectivity index (χ3n) is 6.05.